The van der Waals surface area contributed by atoms with Gasteiger partial charge in [-0.1, -0.05) is 71.6 Å². The molecule has 6 nitrogen and oxygen atoms in total. The van der Waals surface area contributed by atoms with Crippen LogP contribution in [-0.2, 0) is 11.2 Å². The molecule has 176 valence electrons. The number of pyridine rings is 1. The fourth-order valence-electron chi connectivity index (χ4n) is 4.68. The molecule has 2 heterocycles. The topological polar surface area (TPSA) is 89.5 Å². The Kier molecular flexibility index (Phi) is 5.92. The SMILES string of the molecule is CC.[B]c1cc2c(=O)n(-c3ccc(CC(=O)O)cc3)c(=O)c3cc(Br)c4c5ccccc5oc1c4c23. The maximum absolute atomic E-state index is 13.6. The van der Waals surface area contributed by atoms with E-state index in [1.165, 1.54) is 0 Å². The minimum absolute atomic E-state index is 0.152. The van der Waals surface area contributed by atoms with E-state index in [1.54, 1.807) is 36.4 Å². The first-order valence-corrected chi connectivity index (χ1v) is 12.2. The molecule has 6 aromatic rings. The van der Waals surface area contributed by atoms with Gasteiger partial charge in [-0.05, 0) is 29.8 Å². The highest BCUT2D eigenvalue weighted by molar-refractivity contribution is 9.10. The van der Waals surface area contributed by atoms with Crippen LogP contribution in [0.4, 0.5) is 0 Å². The van der Waals surface area contributed by atoms with Crippen LogP contribution in [0.1, 0.15) is 19.4 Å². The lowest BCUT2D eigenvalue weighted by Gasteiger charge is -2.17. The van der Waals surface area contributed by atoms with Gasteiger partial charge in [0.1, 0.15) is 19.0 Å². The molecule has 0 unspecified atom stereocenters. The summed E-state index contributed by atoms with van der Waals surface area (Å²) in [5.41, 5.74) is 1.28. The number of aliphatic carboxylic acids is 1. The van der Waals surface area contributed by atoms with Crippen molar-refractivity contribution in [2.45, 2.75) is 20.3 Å². The lowest BCUT2D eigenvalue weighted by molar-refractivity contribution is -0.136. The van der Waals surface area contributed by atoms with E-state index in [4.69, 9.17) is 17.4 Å². The minimum Gasteiger partial charge on any atom is -0.481 e. The van der Waals surface area contributed by atoms with E-state index in [1.807, 2.05) is 38.1 Å². The first-order valence-electron chi connectivity index (χ1n) is 11.4. The molecule has 8 heteroatoms. The van der Waals surface area contributed by atoms with E-state index >= 15 is 0 Å². The number of hydrogen-bond donors (Lipinski definition) is 1. The Hall–Kier alpha value is -3.91. The van der Waals surface area contributed by atoms with Gasteiger partial charge in [-0.3, -0.25) is 14.4 Å². The molecule has 0 bridgehead atoms. The molecular formula is C28H19BBrNO5. The molecule has 0 atom stereocenters. The van der Waals surface area contributed by atoms with Gasteiger partial charge >= 0.3 is 5.97 Å². The number of carboxylic acids is 1. The van der Waals surface area contributed by atoms with E-state index in [2.05, 4.69) is 15.9 Å². The van der Waals surface area contributed by atoms with Gasteiger partial charge in [-0.25, -0.2) is 4.57 Å². The third-order valence-electron chi connectivity index (χ3n) is 6.12. The second kappa shape index (κ2) is 8.95. The van der Waals surface area contributed by atoms with Crippen molar-refractivity contribution < 1.29 is 14.3 Å². The maximum Gasteiger partial charge on any atom is 0.307 e. The summed E-state index contributed by atoms with van der Waals surface area (Å²) in [6.07, 6.45) is -0.152. The fourth-order valence-corrected chi connectivity index (χ4v) is 5.32. The number of nitrogens with zero attached hydrogens (tertiary/aromatic N) is 1. The second-order valence-electron chi connectivity index (χ2n) is 8.15. The number of rotatable bonds is 3. The third-order valence-corrected chi connectivity index (χ3v) is 6.75. The van der Waals surface area contributed by atoms with Crippen LogP contribution < -0.4 is 16.6 Å². The van der Waals surface area contributed by atoms with Crippen LogP contribution in [0.3, 0.4) is 0 Å². The first kappa shape index (κ1) is 23.8. The van der Waals surface area contributed by atoms with Crippen molar-refractivity contribution in [3.05, 3.63) is 91.4 Å². The summed E-state index contributed by atoms with van der Waals surface area (Å²) in [6, 6.07) is 17.1. The number of para-hydroxylation sites is 1. The van der Waals surface area contributed by atoms with Gasteiger partial charge in [-0.15, -0.1) is 0 Å². The van der Waals surface area contributed by atoms with Crippen LogP contribution in [0.2, 0.25) is 0 Å². The Morgan fingerprint density at radius 1 is 0.917 bits per heavy atom. The van der Waals surface area contributed by atoms with Crippen LogP contribution in [0, 0.1) is 0 Å². The lowest BCUT2D eigenvalue weighted by Crippen LogP contribution is -2.32. The van der Waals surface area contributed by atoms with Crippen LogP contribution in [0.5, 0.6) is 0 Å². The molecule has 2 radical (unpaired) electrons. The first-order chi connectivity index (χ1) is 17.3. The summed E-state index contributed by atoms with van der Waals surface area (Å²) >= 11 is 3.62. The smallest absolute Gasteiger partial charge is 0.307 e. The average molecular weight is 540 g/mol. The van der Waals surface area contributed by atoms with Crippen LogP contribution in [-0.4, -0.2) is 23.5 Å². The molecule has 0 spiro atoms. The van der Waals surface area contributed by atoms with E-state index in [9.17, 15) is 14.4 Å². The van der Waals surface area contributed by atoms with Crippen molar-refractivity contribution in [2.75, 3.05) is 0 Å². The number of carbonyl (C=O) groups is 1. The van der Waals surface area contributed by atoms with Gasteiger partial charge in [0.15, 0.2) is 0 Å². The molecule has 0 saturated carbocycles. The quantitative estimate of drug-likeness (QED) is 0.193. The number of aromatic nitrogens is 1. The monoisotopic (exact) mass is 539 g/mol. The van der Waals surface area contributed by atoms with Gasteiger partial charge in [0, 0.05) is 31.4 Å². The molecule has 2 aromatic heterocycles. The largest absolute Gasteiger partial charge is 0.481 e. The van der Waals surface area contributed by atoms with Gasteiger partial charge < -0.3 is 9.52 Å². The van der Waals surface area contributed by atoms with Crippen LogP contribution in [0.25, 0.3) is 49.2 Å². The standard InChI is InChI=1S/C26H13BBrNO5.C2H6/c27-17-10-15-21-16(11-18(28)22-14-3-1-2-4-19(14)34-24(17)23(21)22)26(33)29(25(15)32)13-7-5-12(6-8-13)9-20(30)31;1-2/h1-8,10-11H,9H2,(H,30,31);1-2H3. The number of halogens is 1. The third kappa shape index (κ3) is 3.52. The van der Waals surface area contributed by atoms with Crippen molar-refractivity contribution in [2.24, 2.45) is 0 Å². The predicted octanol–water partition coefficient (Wildman–Crippen LogP) is 5.05. The Labute approximate surface area is 214 Å². The van der Waals surface area contributed by atoms with E-state index < -0.39 is 17.1 Å². The van der Waals surface area contributed by atoms with Crippen molar-refractivity contribution in [1.29, 1.82) is 0 Å². The summed E-state index contributed by atoms with van der Waals surface area (Å²) < 4.78 is 7.88. The van der Waals surface area contributed by atoms with Crippen molar-refractivity contribution >= 4 is 78.7 Å². The summed E-state index contributed by atoms with van der Waals surface area (Å²) in [7, 11) is 6.35. The van der Waals surface area contributed by atoms with Gasteiger partial charge in [0.2, 0.25) is 0 Å². The van der Waals surface area contributed by atoms with E-state index in [0.717, 1.165) is 15.3 Å². The lowest BCUT2D eigenvalue weighted by atomic mass is 9.87. The molecule has 36 heavy (non-hydrogen) atoms. The summed E-state index contributed by atoms with van der Waals surface area (Å²) in [4.78, 5) is 38.2. The molecule has 0 aliphatic carbocycles. The zero-order chi connectivity index (χ0) is 25.7. The second-order valence-corrected chi connectivity index (χ2v) is 9.01. The molecule has 0 aliphatic rings. The Morgan fingerprint density at radius 2 is 1.56 bits per heavy atom. The molecule has 4 aromatic carbocycles. The maximum atomic E-state index is 13.6. The number of fused-ring (bicyclic) bond motifs is 2. The van der Waals surface area contributed by atoms with Crippen LogP contribution >= 0.6 is 15.9 Å². The molecule has 1 N–H and O–H groups in total. The van der Waals surface area contributed by atoms with Gasteiger partial charge in [0.05, 0.1) is 17.5 Å². The summed E-state index contributed by atoms with van der Waals surface area (Å²) in [6.45, 7) is 4.00. The Bertz CT molecular complexity index is 1890. The molecule has 0 fully saturated rings. The highest BCUT2D eigenvalue weighted by atomic mass is 79.9. The van der Waals surface area contributed by atoms with Crippen molar-refractivity contribution in [1.82, 2.24) is 4.57 Å². The van der Waals surface area contributed by atoms with E-state index in [0.29, 0.717) is 53.9 Å². The summed E-state index contributed by atoms with van der Waals surface area (Å²) in [5.74, 6) is -0.962. The predicted molar refractivity (Wildman–Crippen MR) is 148 cm³/mol. The molecule has 0 saturated heterocycles. The van der Waals surface area contributed by atoms with E-state index in [-0.39, 0.29) is 6.42 Å². The van der Waals surface area contributed by atoms with Gasteiger partial charge in [0.25, 0.3) is 11.1 Å². The molecular weight excluding hydrogens is 521 g/mol. The molecule has 0 aliphatic heterocycles. The number of carboxylic acid groups (broad SMARTS) is 1. The number of hydrogen-bond acceptors (Lipinski definition) is 4. The average Bonchev–Trinajstić information content (AvgIpc) is 2.87. The Morgan fingerprint density at radius 3 is 2.22 bits per heavy atom. The highest BCUT2D eigenvalue weighted by Gasteiger charge is 2.22. The minimum atomic E-state index is -0.962. The zero-order valence-electron chi connectivity index (χ0n) is 19.5. The summed E-state index contributed by atoms with van der Waals surface area (Å²) in [5, 5.41) is 12.4. The molecule has 0 amide bonds. The molecule has 6 rings (SSSR count). The highest BCUT2D eigenvalue weighted by Crippen LogP contribution is 2.40. The fraction of sp³-hybridized carbons (Fsp3) is 0.107. The van der Waals surface area contributed by atoms with Gasteiger partial charge in [-0.2, -0.15) is 0 Å². The number of benzene rings is 4. The Balaban J connectivity index is 0.00000130. The van der Waals surface area contributed by atoms with Crippen molar-refractivity contribution in [3.63, 3.8) is 0 Å². The van der Waals surface area contributed by atoms with Crippen molar-refractivity contribution in [3.8, 4) is 5.69 Å². The zero-order valence-corrected chi connectivity index (χ0v) is 21.0. The normalized spacial score (nSPS) is 11.3. The van der Waals surface area contributed by atoms with Crippen LogP contribution in [0.15, 0.2) is 79.1 Å².